The first-order valence-corrected chi connectivity index (χ1v) is 7.09. The normalized spacial score (nSPS) is 18.5. The molecule has 0 saturated carbocycles. The summed E-state index contributed by atoms with van der Waals surface area (Å²) in [5, 5.41) is 9.82. The van der Waals surface area contributed by atoms with E-state index in [1.54, 1.807) is 12.3 Å². The average Bonchev–Trinajstić information content (AvgIpc) is 2.63. The minimum Gasteiger partial charge on any atom is -0.245 e. The van der Waals surface area contributed by atoms with Gasteiger partial charge in [0.05, 0.1) is 23.8 Å². The molecule has 0 spiro atoms. The fraction of sp³-hybridized carbons (Fsp3) is 0.250. The molecule has 1 aliphatic carbocycles. The maximum Gasteiger partial charge on any atom is 0.236 e. The third kappa shape index (κ3) is 1.38. The third-order valence-electron chi connectivity index (χ3n) is 3.23. The van der Waals surface area contributed by atoms with Gasteiger partial charge in [0.2, 0.25) is 10.0 Å². The molecule has 0 fully saturated rings. The number of hydrogen-bond acceptors (Lipinski definition) is 3. The van der Waals surface area contributed by atoms with Crippen molar-refractivity contribution >= 4 is 20.9 Å². The van der Waals surface area contributed by atoms with Gasteiger partial charge in [-0.05, 0) is 35.7 Å². The first kappa shape index (κ1) is 10.4. The standard InChI is InChI=1S/C12H10N2O2S/c1-17(15,16)14-3-2-8-4-9-5-10(7-13)11(9)6-12(8)14/h2-4,6,10H,5H2,1H3. The van der Waals surface area contributed by atoms with Gasteiger partial charge in [-0.2, -0.15) is 5.26 Å². The van der Waals surface area contributed by atoms with Crippen molar-refractivity contribution in [2.75, 3.05) is 6.26 Å². The molecule has 0 bridgehead atoms. The molecule has 1 atom stereocenters. The molecule has 2 aromatic rings. The Morgan fingerprint density at radius 2 is 2.24 bits per heavy atom. The van der Waals surface area contributed by atoms with E-state index in [1.165, 1.54) is 10.2 Å². The molecule has 86 valence electrons. The smallest absolute Gasteiger partial charge is 0.236 e. The van der Waals surface area contributed by atoms with Gasteiger partial charge >= 0.3 is 0 Å². The number of benzene rings is 1. The third-order valence-corrected chi connectivity index (χ3v) is 4.26. The van der Waals surface area contributed by atoms with Crippen LogP contribution in [0.25, 0.3) is 10.9 Å². The SMILES string of the molecule is CS(=O)(=O)n1ccc2cc3c(cc21)C(C#N)C3. The van der Waals surface area contributed by atoms with Crippen LogP contribution in [0.4, 0.5) is 0 Å². The van der Waals surface area contributed by atoms with Crippen molar-refractivity contribution in [3.63, 3.8) is 0 Å². The van der Waals surface area contributed by atoms with Crippen molar-refractivity contribution in [3.05, 3.63) is 35.5 Å². The average molecular weight is 246 g/mol. The van der Waals surface area contributed by atoms with Gasteiger partial charge in [0.15, 0.2) is 0 Å². The van der Waals surface area contributed by atoms with Crippen LogP contribution in [0.1, 0.15) is 17.0 Å². The lowest BCUT2D eigenvalue weighted by Gasteiger charge is -2.24. The lowest BCUT2D eigenvalue weighted by Crippen LogP contribution is -2.16. The highest BCUT2D eigenvalue weighted by atomic mass is 32.2. The van der Waals surface area contributed by atoms with Gasteiger partial charge in [-0.15, -0.1) is 0 Å². The molecule has 1 heterocycles. The van der Waals surface area contributed by atoms with Crippen molar-refractivity contribution < 1.29 is 8.42 Å². The summed E-state index contributed by atoms with van der Waals surface area (Å²) in [5.41, 5.74) is 2.77. The summed E-state index contributed by atoms with van der Waals surface area (Å²) in [6.07, 6.45) is 3.50. The Hall–Kier alpha value is -1.80. The maximum atomic E-state index is 11.6. The van der Waals surface area contributed by atoms with Crippen molar-refractivity contribution in [3.8, 4) is 6.07 Å². The molecule has 5 heteroatoms. The Kier molecular flexibility index (Phi) is 1.90. The van der Waals surface area contributed by atoms with Gasteiger partial charge < -0.3 is 0 Å². The van der Waals surface area contributed by atoms with E-state index in [2.05, 4.69) is 6.07 Å². The number of fused-ring (bicyclic) bond motifs is 2. The van der Waals surface area contributed by atoms with Crippen LogP contribution in [0.5, 0.6) is 0 Å². The summed E-state index contributed by atoms with van der Waals surface area (Å²) < 4.78 is 24.4. The summed E-state index contributed by atoms with van der Waals surface area (Å²) in [7, 11) is -3.28. The largest absolute Gasteiger partial charge is 0.245 e. The zero-order valence-electron chi connectivity index (χ0n) is 9.21. The summed E-state index contributed by atoms with van der Waals surface area (Å²) in [6.45, 7) is 0. The fourth-order valence-corrected chi connectivity index (χ4v) is 3.12. The predicted molar refractivity (Wildman–Crippen MR) is 64.2 cm³/mol. The Bertz CT molecular complexity index is 766. The minimum absolute atomic E-state index is 0.0858. The summed E-state index contributed by atoms with van der Waals surface area (Å²) in [4.78, 5) is 0. The van der Waals surface area contributed by atoms with E-state index in [1.807, 2.05) is 12.1 Å². The second-order valence-corrected chi connectivity index (χ2v) is 6.23. The highest BCUT2D eigenvalue weighted by molar-refractivity contribution is 7.89. The second kappa shape index (κ2) is 3.11. The number of nitrogens with zero attached hydrogens (tertiary/aromatic N) is 2. The zero-order valence-corrected chi connectivity index (χ0v) is 10.0. The molecular formula is C12H10N2O2S. The topological polar surface area (TPSA) is 62.9 Å². The van der Waals surface area contributed by atoms with E-state index in [0.29, 0.717) is 5.52 Å². The van der Waals surface area contributed by atoms with Crippen LogP contribution >= 0.6 is 0 Å². The van der Waals surface area contributed by atoms with E-state index in [0.717, 1.165) is 22.9 Å². The molecule has 3 rings (SSSR count). The fourth-order valence-electron chi connectivity index (χ4n) is 2.33. The van der Waals surface area contributed by atoms with Crippen LogP contribution in [-0.2, 0) is 16.4 Å². The van der Waals surface area contributed by atoms with Crippen LogP contribution < -0.4 is 0 Å². The molecular weight excluding hydrogens is 236 g/mol. The van der Waals surface area contributed by atoms with Crippen molar-refractivity contribution in [2.24, 2.45) is 0 Å². The molecule has 1 aromatic heterocycles. The van der Waals surface area contributed by atoms with Gasteiger partial charge in [0, 0.05) is 11.6 Å². The molecule has 1 aliphatic rings. The highest BCUT2D eigenvalue weighted by Gasteiger charge is 2.27. The molecule has 1 aromatic carbocycles. The van der Waals surface area contributed by atoms with Crippen LogP contribution in [0.15, 0.2) is 24.4 Å². The lowest BCUT2D eigenvalue weighted by molar-refractivity contribution is 0.595. The van der Waals surface area contributed by atoms with Crippen LogP contribution in [-0.4, -0.2) is 18.6 Å². The van der Waals surface area contributed by atoms with E-state index < -0.39 is 10.0 Å². The molecule has 0 saturated heterocycles. The van der Waals surface area contributed by atoms with Gasteiger partial charge in [0.25, 0.3) is 0 Å². The van der Waals surface area contributed by atoms with Crippen molar-refractivity contribution in [2.45, 2.75) is 12.3 Å². The molecule has 0 N–H and O–H groups in total. The van der Waals surface area contributed by atoms with Gasteiger partial charge in [0.1, 0.15) is 0 Å². The summed E-state index contributed by atoms with van der Waals surface area (Å²) >= 11 is 0. The minimum atomic E-state index is -3.28. The molecule has 4 nitrogen and oxygen atoms in total. The van der Waals surface area contributed by atoms with Gasteiger partial charge in [-0.25, -0.2) is 12.4 Å². The van der Waals surface area contributed by atoms with Crippen molar-refractivity contribution in [1.29, 1.82) is 5.26 Å². The Balaban J connectivity index is 2.31. The summed E-state index contributed by atoms with van der Waals surface area (Å²) in [6, 6.07) is 7.80. The molecule has 0 aliphatic heterocycles. The Morgan fingerprint density at radius 1 is 1.47 bits per heavy atom. The highest BCUT2D eigenvalue weighted by Crippen LogP contribution is 2.37. The Labute approximate surface area is 99.1 Å². The van der Waals surface area contributed by atoms with E-state index >= 15 is 0 Å². The zero-order chi connectivity index (χ0) is 12.2. The number of hydrogen-bond donors (Lipinski definition) is 0. The van der Waals surface area contributed by atoms with Crippen LogP contribution in [0, 0.1) is 11.3 Å². The number of aromatic nitrogens is 1. The maximum absolute atomic E-state index is 11.6. The quantitative estimate of drug-likeness (QED) is 0.768. The Morgan fingerprint density at radius 3 is 2.88 bits per heavy atom. The van der Waals surface area contributed by atoms with E-state index in [-0.39, 0.29) is 5.92 Å². The van der Waals surface area contributed by atoms with Gasteiger partial charge in [-0.1, -0.05) is 0 Å². The van der Waals surface area contributed by atoms with Crippen LogP contribution in [0.3, 0.4) is 0 Å². The number of nitriles is 1. The first-order chi connectivity index (χ1) is 8.00. The first-order valence-electron chi connectivity index (χ1n) is 5.25. The predicted octanol–water partition coefficient (Wildman–Crippen LogP) is 1.61. The second-order valence-electron chi connectivity index (χ2n) is 4.37. The lowest BCUT2D eigenvalue weighted by atomic mass is 9.78. The van der Waals surface area contributed by atoms with Crippen molar-refractivity contribution in [1.82, 2.24) is 3.97 Å². The van der Waals surface area contributed by atoms with E-state index in [4.69, 9.17) is 5.26 Å². The molecule has 0 amide bonds. The molecule has 0 radical (unpaired) electrons. The summed E-state index contributed by atoms with van der Waals surface area (Å²) in [5.74, 6) is -0.0858. The van der Waals surface area contributed by atoms with Crippen LogP contribution in [0.2, 0.25) is 0 Å². The monoisotopic (exact) mass is 246 g/mol. The van der Waals surface area contributed by atoms with E-state index in [9.17, 15) is 8.42 Å². The molecule has 1 unspecified atom stereocenters. The van der Waals surface area contributed by atoms with Gasteiger partial charge in [-0.3, -0.25) is 0 Å². The number of rotatable bonds is 1. The molecule has 17 heavy (non-hydrogen) atoms.